The Morgan fingerprint density at radius 3 is 2.29 bits per heavy atom. The average Bonchev–Trinajstić information content (AvgIpc) is 2.46. The van der Waals surface area contributed by atoms with Gasteiger partial charge in [0, 0.05) is 12.1 Å². The minimum absolute atomic E-state index is 0.00353. The number of carbonyl (C=O) groups excluding carboxylic acids is 1. The maximum Gasteiger partial charge on any atom is 0.257 e. The molecule has 1 fully saturated rings. The largest absolute Gasteiger partial charge is 0.349 e. The summed E-state index contributed by atoms with van der Waals surface area (Å²) >= 11 is 0. The highest BCUT2D eigenvalue weighted by Crippen LogP contribution is 2.20. The van der Waals surface area contributed by atoms with Crippen LogP contribution in [0.3, 0.4) is 0 Å². The molecule has 1 aromatic rings. The van der Waals surface area contributed by atoms with Crippen LogP contribution < -0.4 is 10.6 Å². The summed E-state index contributed by atoms with van der Waals surface area (Å²) in [5.74, 6) is -2.29. The van der Waals surface area contributed by atoms with Crippen LogP contribution >= 0.6 is 0 Å². The summed E-state index contributed by atoms with van der Waals surface area (Å²) in [5, 5.41) is 6.21. The van der Waals surface area contributed by atoms with Crippen LogP contribution in [0.5, 0.6) is 0 Å². The lowest BCUT2D eigenvalue weighted by atomic mass is 9.91. The Kier molecular flexibility index (Phi) is 5.67. The van der Waals surface area contributed by atoms with E-state index >= 15 is 0 Å². The van der Waals surface area contributed by atoms with Crippen molar-refractivity contribution in [3.63, 3.8) is 0 Å². The molecule has 0 unspecified atom stereocenters. The molecule has 5 heteroatoms. The van der Waals surface area contributed by atoms with Gasteiger partial charge in [0.15, 0.2) is 0 Å². The first kappa shape index (κ1) is 15.9. The van der Waals surface area contributed by atoms with Gasteiger partial charge in [-0.2, -0.15) is 0 Å². The highest BCUT2D eigenvalue weighted by molar-refractivity contribution is 5.94. The van der Waals surface area contributed by atoms with Gasteiger partial charge in [-0.05, 0) is 50.8 Å². The van der Waals surface area contributed by atoms with Crippen molar-refractivity contribution in [2.24, 2.45) is 0 Å². The second-order valence-electron chi connectivity index (χ2n) is 5.57. The molecule has 0 saturated heterocycles. The molecule has 2 rings (SSSR count). The molecule has 116 valence electrons. The first-order chi connectivity index (χ1) is 10.1. The molecule has 0 radical (unpaired) electrons. The molecule has 0 bridgehead atoms. The Bertz CT molecular complexity index is 465. The predicted octanol–water partition coefficient (Wildman–Crippen LogP) is 3.01. The fourth-order valence-electron chi connectivity index (χ4n) is 2.76. The molecule has 0 atom stereocenters. The summed E-state index contributed by atoms with van der Waals surface area (Å²) in [4.78, 5) is 12.0. The van der Waals surface area contributed by atoms with Gasteiger partial charge < -0.3 is 10.6 Å². The summed E-state index contributed by atoms with van der Waals surface area (Å²) in [5.41, 5.74) is -0.483. The Balaban J connectivity index is 1.87. The lowest BCUT2D eigenvalue weighted by Crippen LogP contribution is -2.42. The van der Waals surface area contributed by atoms with Crippen molar-refractivity contribution in [2.45, 2.75) is 51.1 Å². The second kappa shape index (κ2) is 7.50. The molecule has 0 heterocycles. The van der Waals surface area contributed by atoms with Crippen molar-refractivity contribution in [3.8, 4) is 0 Å². The summed E-state index contributed by atoms with van der Waals surface area (Å²) in [6.45, 7) is 3.13. The number of carbonyl (C=O) groups is 1. The van der Waals surface area contributed by atoms with Crippen molar-refractivity contribution >= 4 is 5.91 Å². The van der Waals surface area contributed by atoms with E-state index in [0.717, 1.165) is 50.8 Å². The van der Waals surface area contributed by atoms with E-state index < -0.39 is 23.1 Å². The first-order valence-electron chi connectivity index (χ1n) is 7.60. The van der Waals surface area contributed by atoms with Crippen LogP contribution in [0.2, 0.25) is 0 Å². The monoisotopic (exact) mass is 296 g/mol. The summed E-state index contributed by atoms with van der Waals surface area (Å²) in [7, 11) is 0. The van der Waals surface area contributed by atoms with Crippen LogP contribution in [0.4, 0.5) is 8.78 Å². The van der Waals surface area contributed by atoms with E-state index in [4.69, 9.17) is 0 Å². The molecule has 0 aromatic heterocycles. The normalized spacial score (nSPS) is 22.0. The van der Waals surface area contributed by atoms with Crippen molar-refractivity contribution in [2.75, 3.05) is 6.54 Å². The van der Waals surface area contributed by atoms with Gasteiger partial charge in [0.1, 0.15) is 17.2 Å². The molecular formula is C16H22F2N2O. The topological polar surface area (TPSA) is 41.1 Å². The van der Waals surface area contributed by atoms with E-state index in [2.05, 4.69) is 17.6 Å². The zero-order chi connectivity index (χ0) is 15.2. The van der Waals surface area contributed by atoms with E-state index in [1.54, 1.807) is 0 Å². The second-order valence-corrected chi connectivity index (χ2v) is 5.57. The number of halogens is 2. The lowest BCUT2D eigenvalue weighted by Gasteiger charge is -2.29. The van der Waals surface area contributed by atoms with Gasteiger partial charge in [-0.1, -0.05) is 13.0 Å². The Morgan fingerprint density at radius 1 is 1.14 bits per heavy atom. The highest BCUT2D eigenvalue weighted by Gasteiger charge is 2.24. The number of hydrogen-bond acceptors (Lipinski definition) is 2. The number of nitrogens with one attached hydrogen (secondary N) is 2. The van der Waals surface area contributed by atoms with Crippen molar-refractivity contribution in [1.29, 1.82) is 0 Å². The van der Waals surface area contributed by atoms with E-state index in [9.17, 15) is 13.6 Å². The van der Waals surface area contributed by atoms with Gasteiger partial charge in [0.25, 0.3) is 5.91 Å². The van der Waals surface area contributed by atoms with Gasteiger partial charge >= 0.3 is 0 Å². The van der Waals surface area contributed by atoms with Crippen molar-refractivity contribution in [3.05, 3.63) is 35.4 Å². The lowest BCUT2D eigenvalue weighted by molar-refractivity contribution is 0.0915. The molecule has 1 aliphatic rings. The summed E-state index contributed by atoms with van der Waals surface area (Å²) in [6.07, 6.45) is 4.73. The smallest absolute Gasteiger partial charge is 0.257 e. The maximum absolute atomic E-state index is 13.5. The van der Waals surface area contributed by atoms with Crippen LogP contribution in [-0.4, -0.2) is 24.5 Å². The fourth-order valence-corrected chi connectivity index (χ4v) is 2.76. The fraction of sp³-hybridized carbons (Fsp3) is 0.562. The molecule has 21 heavy (non-hydrogen) atoms. The molecule has 3 nitrogen and oxygen atoms in total. The third-order valence-electron chi connectivity index (χ3n) is 3.94. The minimum atomic E-state index is -0.814. The van der Waals surface area contributed by atoms with E-state index in [1.807, 2.05) is 0 Å². The number of benzene rings is 1. The third kappa shape index (κ3) is 4.24. The summed E-state index contributed by atoms with van der Waals surface area (Å²) < 4.78 is 27.1. The quantitative estimate of drug-likeness (QED) is 0.877. The van der Waals surface area contributed by atoms with Crippen molar-refractivity contribution in [1.82, 2.24) is 10.6 Å². The number of hydrogen-bond donors (Lipinski definition) is 2. The molecule has 1 aromatic carbocycles. The molecular weight excluding hydrogens is 274 g/mol. The maximum atomic E-state index is 13.5. The Labute approximate surface area is 124 Å². The molecule has 1 amide bonds. The average molecular weight is 296 g/mol. The molecule has 1 aliphatic carbocycles. The zero-order valence-corrected chi connectivity index (χ0v) is 12.3. The van der Waals surface area contributed by atoms with Crippen LogP contribution in [-0.2, 0) is 0 Å². The van der Waals surface area contributed by atoms with Gasteiger partial charge in [-0.3, -0.25) is 4.79 Å². The standard InChI is InChI=1S/C16H22F2N2O/c1-2-10-19-11-6-8-12(9-7-11)20-16(21)15-13(17)4-3-5-14(15)18/h3-5,11-12,19H,2,6-10H2,1H3,(H,20,21). The van der Waals surface area contributed by atoms with E-state index in [-0.39, 0.29) is 6.04 Å². The molecule has 2 N–H and O–H groups in total. The van der Waals surface area contributed by atoms with Gasteiger partial charge in [-0.15, -0.1) is 0 Å². The van der Waals surface area contributed by atoms with E-state index in [1.165, 1.54) is 6.07 Å². The summed E-state index contributed by atoms with van der Waals surface area (Å²) in [6, 6.07) is 3.94. The first-order valence-corrected chi connectivity index (χ1v) is 7.60. The van der Waals surface area contributed by atoms with Crippen LogP contribution in [0, 0.1) is 11.6 Å². The van der Waals surface area contributed by atoms with Crippen LogP contribution in [0.25, 0.3) is 0 Å². The van der Waals surface area contributed by atoms with Crippen LogP contribution in [0.15, 0.2) is 18.2 Å². The highest BCUT2D eigenvalue weighted by atomic mass is 19.1. The van der Waals surface area contributed by atoms with E-state index in [0.29, 0.717) is 6.04 Å². The minimum Gasteiger partial charge on any atom is -0.349 e. The SMILES string of the molecule is CCCNC1CCC(NC(=O)c2c(F)cccc2F)CC1. The van der Waals surface area contributed by atoms with Gasteiger partial charge in [-0.25, -0.2) is 8.78 Å². The predicted molar refractivity (Wildman–Crippen MR) is 78.2 cm³/mol. The molecule has 0 aliphatic heterocycles. The Hall–Kier alpha value is -1.49. The molecule has 0 spiro atoms. The van der Waals surface area contributed by atoms with Crippen LogP contribution in [0.1, 0.15) is 49.4 Å². The zero-order valence-electron chi connectivity index (χ0n) is 12.3. The van der Waals surface area contributed by atoms with Gasteiger partial charge in [0.2, 0.25) is 0 Å². The number of rotatable bonds is 5. The Morgan fingerprint density at radius 2 is 1.71 bits per heavy atom. The van der Waals surface area contributed by atoms with Crippen molar-refractivity contribution < 1.29 is 13.6 Å². The molecule has 1 saturated carbocycles. The van der Waals surface area contributed by atoms with Gasteiger partial charge in [0.05, 0.1) is 0 Å². The number of amides is 1. The third-order valence-corrected chi connectivity index (χ3v) is 3.94.